The van der Waals surface area contributed by atoms with Crippen LogP contribution in [0.5, 0.6) is 0 Å². The third-order valence-corrected chi connectivity index (χ3v) is 5.18. The molecule has 3 nitrogen and oxygen atoms in total. The Morgan fingerprint density at radius 1 is 1.33 bits per heavy atom. The van der Waals surface area contributed by atoms with Gasteiger partial charge in [0.15, 0.2) is 0 Å². The number of rotatable bonds is 5. The van der Waals surface area contributed by atoms with E-state index in [1.807, 2.05) is 11.4 Å². The van der Waals surface area contributed by atoms with E-state index >= 15 is 0 Å². The van der Waals surface area contributed by atoms with Crippen LogP contribution in [-0.4, -0.2) is 22.2 Å². The van der Waals surface area contributed by atoms with Crippen LogP contribution >= 0.6 is 34.5 Å². The topological polar surface area (TPSA) is 45.1 Å². The number of nitrogens with zero attached hydrogens (tertiary/aromatic N) is 1. The van der Waals surface area contributed by atoms with Crippen LogP contribution in [0.3, 0.4) is 0 Å². The summed E-state index contributed by atoms with van der Waals surface area (Å²) in [5.41, 5.74) is 1.19. The molecule has 112 valence electrons. The normalized spacial score (nSPS) is 16.7. The molecule has 1 aliphatic carbocycles. The molecular weight excluding hydrogens is 327 g/mol. The van der Waals surface area contributed by atoms with Crippen LogP contribution in [0.1, 0.15) is 24.3 Å². The highest BCUT2D eigenvalue weighted by Crippen LogP contribution is 2.32. The lowest BCUT2D eigenvalue weighted by atomic mass is 9.80. The number of nitrogens with one attached hydrogen (secondary N) is 1. The van der Waals surface area contributed by atoms with Crippen molar-refractivity contribution in [3.8, 4) is 11.3 Å². The van der Waals surface area contributed by atoms with E-state index in [2.05, 4.69) is 10.3 Å². The molecule has 0 amide bonds. The summed E-state index contributed by atoms with van der Waals surface area (Å²) in [5.74, 6) is 0. The van der Waals surface area contributed by atoms with Crippen molar-refractivity contribution < 1.29 is 5.11 Å². The van der Waals surface area contributed by atoms with E-state index in [9.17, 15) is 5.11 Å². The summed E-state index contributed by atoms with van der Waals surface area (Å²) in [7, 11) is 0. The van der Waals surface area contributed by atoms with Gasteiger partial charge < -0.3 is 10.4 Å². The first-order valence-corrected chi connectivity index (χ1v) is 8.52. The Kier molecular flexibility index (Phi) is 4.52. The lowest BCUT2D eigenvalue weighted by Crippen LogP contribution is -2.45. The van der Waals surface area contributed by atoms with Gasteiger partial charge in [-0.25, -0.2) is 4.98 Å². The summed E-state index contributed by atoms with van der Waals surface area (Å²) in [5, 5.41) is 17.5. The molecule has 3 rings (SSSR count). The molecule has 0 bridgehead atoms. The summed E-state index contributed by atoms with van der Waals surface area (Å²) >= 11 is 13.8. The molecule has 1 aliphatic rings. The van der Waals surface area contributed by atoms with E-state index < -0.39 is 5.60 Å². The van der Waals surface area contributed by atoms with Gasteiger partial charge in [0.05, 0.1) is 16.3 Å². The maximum Gasteiger partial charge on any atom is 0.107 e. The quantitative estimate of drug-likeness (QED) is 0.858. The van der Waals surface area contributed by atoms with Crippen LogP contribution in [-0.2, 0) is 6.54 Å². The summed E-state index contributed by atoms with van der Waals surface area (Å²) in [6.45, 7) is 1.28. The highest BCUT2D eigenvalue weighted by molar-refractivity contribution is 7.09. The van der Waals surface area contributed by atoms with E-state index in [-0.39, 0.29) is 0 Å². The van der Waals surface area contributed by atoms with Crippen LogP contribution in [0.15, 0.2) is 23.6 Å². The zero-order chi connectivity index (χ0) is 14.9. The van der Waals surface area contributed by atoms with Crippen molar-refractivity contribution in [2.75, 3.05) is 6.54 Å². The molecule has 1 heterocycles. The molecule has 0 aliphatic heterocycles. The van der Waals surface area contributed by atoms with Crippen LogP contribution in [0, 0.1) is 0 Å². The van der Waals surface area contributed by atoms with E-state index in [0.717, 1.165) is 35.5 Å². The van der Waals surface area contributed by atoms with Crippen LogP contribution < -0.4 is 5.32 Å². The molecule has 0 saturated heterocycles. The molecule has 2 aromatic rings. The van der Waals surface area contributed by atoms with Gasteiger partial charge in [-0.1, -0.05) is 23.2 Å². The molecule has 6 heteroatoms. The fourth-order valence-electron chi connectivity index (χ4n) is 2.37. The summed E-state index contributed by atoms with van der Waals surface area (Å²) in [6, 6.07) is 5.37. The average molecular weight is 343 g/mol. The number of aliphatic hydroxyl groups is 1. The molecule has 2 N–H and O–H groups in total. The van der Waals surface area contributed by atoms with Gasteiger partial charge in [0.1, 0.15) is 5.01 Å². The number of benzene rings is 1. The second-order valence-corrected chi connectivity index (χ2v) is 7.22. The van der Waals surface area contributed by atoms with Gasteiger partial charge in [-0.15, -0.1) is 11.3 Å². The van der Waals surface area contributed by atoms with Crippen molar-refractivity contribution in [2.45, 2.75) is 31.4 Å². The standard InChI is InChI=1S/C15H16Cl2N2OS/c16-10-2-3-12(17)11(6-10)13-8-21-14(19-13)7-18-9-15(20)4-1-5-15/h2-3,6,8,18,20H,1,4-5,7,9H2. The second-order valence-electron chi connectivity index (χ2n) is 5.43. The highest BCUT2D eigenvalue weighted by Gasteiger charge is 2.33. The zero-order valence-corrected chi connectivity index (χ0v) is 13.7. The monoisotopic (exact) mass is 342 g/mol. The van der Waals surface area contributed by atoms with Gasteiger partial charge >= 0.3 is 0 Å². The molecule has 0 unspecified atom stereocenters. The Bertz CT molecular complexity index is 640. The van der Waals surface area contributed by atoms with Crippen LogP contribution in [0.4, 0.5) is 0 Å². The summed E-state index contributed by atoms with van der Waals surface area (Å²) in [6.07, 6.45) is 2.90. The number of hydrogen-bond donors (Lipinski definition) is 2. The van der Waals surface area contributed by atoms with Crippen LogP contribution in [0.2, 0.25) is 10.0 Å². The largest absolute Gasteiger partial charge is 0.389 e. The lowest BCUT2D eigenvalue weighted by Gasteiger charge is -2.36. The molecule has 0 spiro atoms. The first kappa shape index (κ1) is 15.3. The molecule has 0 atom stereocenters. The number of aromatic nitrogens is 1. The lowest BCUT2D eigenvalue weighted by molar-refractivity contribution is -0.0314. The summed E-state index contributed by atoms with van der Waals surface area (Å²) < 4.78 is 0. The minimum absolute atomic E-state index is 0.504. The van der Waals surface area contributed by atoms with E-state index in [1.54, 1.807) is 23.5 Å². The first-order valence-electron chi connectivity index (χ1n) is 6.89. The van der Waals surface area contributed by atoms with Gasteiger partial charge in [-0.05, 0) is 37.5 Å². The number of halogens is 2. The minimum Gasteiger partial charge on any atom is -0.389 e. The van der Waals surface area contributed by atoms with Crippen LogP contribution in [0.25, 0.3) is 11.3 Å². The Morgan fingerprint density at radius 3 is 2.86 bits per heavy atom. The van der Waals surface area contributed by atoms with Crippen molar-refractivity contribution in [3.63, 3.8) is 0 Å². The first-order chi connectivity index (χ1) is 10.1. The molecule has 1 saturated carbocycles. The van der Waals surface area contributed by atoms with Crippen molar-refractivity contribution in [2.24, 2.45) is 0 Å². The Morgan fingerprint density at radius 2 is 2.14 bits per heavy atom. The molecule has 1 aromatic carbocycles. The maximum atomic E-state index is 10.0. The Balaban J connectivity index is 1.64. The van der Waals surface area contributed by atoms with Crippen molar-refractivity contribution in [1.29, 1.82) is 0 Å². The van der Waals surface area contributed by atoms with E-state index in [4.69, 9.17) is 23.2 Å². The van der Waals surface area contributed by atoms with E-state index in [0.29, 0.717) is 23.1 Å². The maximum absolute atomic E-state index is 10.0. The van der Waals surface area contributed by atoms with Gasteiger partial charge in [-0.2, -0.15) is 0 Å². The smallest absolute Gasteiger partial charge is 0.107 e. The van der Waals surface area contributed by atoms with Gasteiger partial charge in [-0.3, -0.25) is 0 Å². The Hall–Kier alpha value is -0.650. The zero-order valence-electron chi connectivity index (χ0n) is 11.4. The predicted octanol–water partition coefficient (Wildman–Crippen LogP) is 4.12. The van der Waals surface area contributed by atoms with Crippen molar-refractivity contribution >= 4 is 34.5 Å². The van der Waals surface area contributed by atoms with Crippen molar-refractivity contribution in [1.82, 2.24) is 10.3 Å². The molecule has 1 aromatic heterocycles. The average Bonchev–Trinajstić information content (AvgIpc) is 2.88. The Labute approximate surface area is 137 Å². The SMILES string of the molecule is OC1(CNCc2nc(-c3cc(Cl)ccc3Cl)cs2)CCC1. The van der Waals surface area contributed by atoms with Gasteiger partial charge in [0, 0.05) is 29.1 Å². The van der Waals surface area contributed by atoms with Gasteiger partial charge in [0.2, 0.25) is 0 Å². The molecule has 0 radical (unpaired) electrons. The van der Waals surface area contributed by atoms with Gasteiger partial charge in [0.25, 0.3) is 0 Å². The number of thiazole rings is 1. The third kappa shape index (κ3) is 3.58. The fourth-order valence-corrected chi connectivity index (χ4v) is 3.52. The van der Waals surface area contributed by atoms with Crippen molar-refractivity contribution in [3.05, 3.63) is 38.6 Å². The molecule has 21 heavy (non-hydrogen) atoms. The molecule has 1 fully saturated rings. The molecular formula is C15H16Cl2N2OS. The number of hydrogen-bond acceptors (Lipinski definition) is 4. The van der Waals surface area contributed by atoms with E-state index in [1.165, 1.54) is 0 Å². The third-order valence-electron chi connectivity index (χ3n) is 3.77. The predicted molar refractivity (Wildman–Crippen MR) is 88.1 cm³/mol. The summed E-state index contributed by atoms with van der Waals surface area (Å²) in [4.78, 5) is 4.58. The fraction of sp³-hybridized carbons (Fsp3) is 0.400. The highest BCUT2D eigenvalue weighted by atomic mass is 35.5. The second kappa shape index (κ2) is 6.23. The minimum atomic E-state index is -0.504.